The average molecular weight is 405 g/mol. The highest BCUT2D eigenvalue weighted by molar-refractivity contribution is 6.06. The van der Waals surface area contributed by atoms with Crippen molar-refractivity contribution < 1.29 is 9.53 Å². The number of benzene rings is 4. The predicted molar refractivity (Wildman–Crippen MR) is 127 cm³/mol. The van der Waals surface area contributed by atoms with E-state index in [-0.39, 0.29) is 5.78 Å². The van der Waals surface area contributed by atoms with E-state index in [9.17, 15) is 4.79 Å². The van der Waals surface area contributed by atoms with Crippen molar-refractivity contribution in [2.45, 2.75) is 0 Å². The van der Waals surface area contributed by atoms with Crippen molar-refractivity contribution in [1.29, 1.82) is 0 Å². The highest BCUT2D eigenvalue weighted by Crippen LogP contribution is 2.34. The molecule has 0 aliphatic heterocycles. The van der Waals surface area contributed by atoms with Crippen molar-refractivity contribution in [2.75, 3.05) is 12.0 Å². The van der Waals surface area contributed by atoms with Crippen LogP contribution in [-0.4, -0.2) is 12.9 Å². The molecule has 0 saturated carbocycles. The third kappa shape index (κ3) is 4.90. The molecule has 0 unspecified atom stereocenters. The number of nitrogens with zero attached hydrogens (tertiary/aromatic N) is 1. The normalized spacial score (nSPS) is 10.7. The summed E-state index contributed by atoms with van der Waals surface area (Å²) >= 11 is 0. The molecule has 0 radical (unpaired) electrons. The van der Waals surface area contributed by atoms with Gasteiger partial charge < -0.3 is 9.64 Å². The van der Waals surface area contributed by atoms with Crippen molar-refractivity contribution in [1.82, 2.24) is 0 Å². The van der Waals surface area contributed by atoms with Gasteiger partial charge in [0.05, 0.1) is 7.11 Å². The fourth-order valence-electron chi connectivity index (χ4n) is 3.36. The minimum absolute atomic E-state index is 0.0399. The van der Waals surface area contributed by atoms with Gasteiger partial charge in [-0.2, -0.15) is 0 Å². The smallest absolute Gasteiger partial charge is 0.185 e. The molecule has 4 aromatic carbocycles. The summed E-state index contributed by atoms with van der Waals surface area (Å²) in [5, 5.41) is 0. The minimum atomic E-state index is -0.0399. The molecule has 0 aliphatic rings. The van der Waals surface area contributed by atoms with Crippen molar-refractivity contribution in [3.8, 4) is 5.75 Å². The molecule has 0 fully saturated rings. The van der Waals surface area contributed by atoms with Crippen molar-refractivity contribution >= 4 is 28.9 Å². The monoisotopic (exact) mass is 405 g/mol. The Hall–Kier alpha value is -4.11. The summed E-state index contributed by atoms with van der Waals surface area (Å²) in [6.45, 7) is 0. The lowest BCUT2D eigenvalue weighted by atomic mass is 10.1. The van der Waals surface area contributed by atoms with E-state index < -0.39 is 0 Å². The molecule has 0 spiro atoms. The maximum atomic E-state index is 12.4. The van der Waals surface area contributed by atoms with Gasteiger partial charge in [-0.25, -0.2) is 0 Å². The van der Waals surface area contributed by atoms with Gasteiger partial charge in [-0.3, -0.25) is 4.79 Å². The highest BCUT2D eigenvalue weighted by Gasteiger charge is 2.11. The third-order valence-corrected chi connectivity index (χ3v) is 4.98. The molecule has 0 atom stereocenters. The van der Waals surface area contributed by atoms with Crippen LogP contribution >= 0.6 is 0 Å². The van der Waals surface area contributed by atoms with E-state index in [1.807, 2.05) is 54.6 Å². The molecule has 0 N–H and O–H groups in total. The minimum Gasteiger partial charge on any atom is -0.497 e. The Morgan fingerprint density at radius 2 is 1.19 bits per heavy atom. The van der Waals surface area contributed by atoms with Crippen LogP contribution in [0.15, 0.2) is 115 Å². The summed E-state index contributed by atoms with van der Waals surface area (Å²) in [6.07, 6.45) is 3.44. The number of rotatable bonds is 7. The molecule has 0 saturated heterocycles. The summed E-state index contributed by atoms with van der Waals surface area (Å²) in [4.78, 5) is 14.6. The summed E-state index contributed by atoms with van der Waals surface area (Å²) in [5.41, 5.74) is 4.83. The van der Waals surface area contributed by atoms with Gasteiger partial charge in [-0.1, -0.05) is 54.6 Å². The number of anilines is 3. The lowest BCUT2D eigenvalue weighted by Gasteiger charge is -2.25. The number of allylic oxidation sites excluding steroid dienone is 1. The fourth-order valence-corrected chi connectivity index (χ4v) is 3.36. The van der Waals surface area contributed by atoms with Gasteiger partial charge in [0.25, 0.3) is 0 Å². The first kappa shape index (κ1) is 20.2. The number of carbonyl (C=O) groups is 1. The summed E-state index contributed by atoms with van der Waals surface area (Å²) in [5.74, 6) is 0.694. The van der Waals surface area contributed by atoms with E-state index in [1.54, 1.807) is 37.5 Å². The van der Waals surface area contributed by atoms with Crippen LogP contribution in [0.2, 0.25) is 0 Å². The molecule has 0 aromatic heterocycles. The van der Waals surface area contributed by atoms with Gasteiger partial charge >= 0.3 is 0 Å². The van der Waals surface area contributed by atoms with Gasteiger partial charge in [-0.15, -0.1) is 0 Å². The van der Waals surface area contributed by atoms with Crippen LogP contribution in [0.25, 0.3) is 6.08 Å². The summed E-state index contributed by atoms with van der Waals surface area (Å²) in [7, 11) is 1.61. The topological polar surface area (TPSA) is 29.5 Å². The quantitative estimate of drug-likeness (QED) is 0.243. The summed E-state index contributed by atoms with van der Waals surface area (Å²) in [6, 6.07) is 35.8. The van der Waals surface area contributed by atoms with Gasteiger partial charge in [0.1, 0.15) is 5.75 Å². The molecule has 152 valence electrons. The van der Waals surface area contributed by atoms with Crippen molar-refractivity contribution in [3.05, 3.63) is 126 Å². The second-order valence-corrected chi connectivity index (χ2v) is 7.02. The molecule has 0 aliphatic carbocycles. The Balaban J connectivity index is 1.55. The Labute approximate surface area is 182 Å². The van der Waals surface area contributed by atoms with Crippen LogP contribution in [-0.2, 0) is 0 Å². The first-order chi connectivity index (χ1) is 15.2. The molecular weight excluding hydrogens is 382 g/mol. The van der Waals surface area contributed by atoms with Crippen molar-refractivity contribution in [2.24, 2.45) is 0 Å². The lowest BCUT2D eigenvalue weighted by Crippen LogP contribution is -2.09. The van der Waals surface area contributed by atoms with Crippen LogP contribution in [0.1, 0.15) is 15.9 Å². The number of ether oxygens (including phenoxy) is 1. The van der Waals surface area contributed by atoms with Gasteiger partial charge in [-0.05, 0) is 72.3 Å². The predicted octanol–water partition coefficient (Wildman–Crippen LogP) is 7.06. The number of ketones is 1. The van der Waals surface area contributed by atoms with Gasteiger partial charge in [0.15, 0.2) is 5.78 Å². The first-order valence-corrected chi connectivity index (χ1v) is 10.1. The number of para-hydroxylation sites is 2. The molecule has 4 rings (SSSR count). The van der Waals surface area contributed by atoms with Crippen LogP contribution in [0.4, 0.5) is 17.1 Å². The largest absolute Gasteiger partial charge is 0.497 e. The van der Waals surface area contributed by atoms with E-state index in [0.29, 0.717) is 5.56 Å². The van der Waals surface area contributed by atoms with E-state index in [0.717, 1.165) is 28.4 Å². The number of methoxy groups -OCH3 is 1. The zero-order valence-corrected chi connectivity index (χ0v) is 17.3. The van der Waals surface area contributed by atoms with Gasteiger partial charge in [0.2, 0.25) is 0 Å². The standard InChI is InChI=1S/C28H23NO2/c1-31-27-19-15-23(16-20-27)28(30)21-14-22-12-17-26(18-13-22)29(24-8-4-2-5-9-24)25-10-6-3-7-11-25/h2-21H,1H3. The maximum absolute atomic E-state index is 12.4. The Bertz CT molecular complexity index is 1110. The van der Waals surface area contributed by atoms with Gasteiger partial charge in [0, 0.05) is 22.6 Å². The first-order valence-electron chi connectivity index (χ1n) is 10.1. The maximum Gasteiger partial charge on any atom is 0.185 e. The SMILES string of the molecule is COc1ccc(C(=O)C=Cc2ccc(N(c3ccccc3)c3ccccc3)cc2)cc1. The molecule has 4 aromatic rings. The lowest BCUT2D eigenvalue weighted by molar-refractivity contribution is 0.104. The number of hydrogen-bond acceptors (Lipinski definition) is 3. The Morgan fingerprint density at radius 3 is 1.71 bits per heavy atom. The molecule has 0 amide bonds. The molecule has 31 heavy (non-hydrogen) atoms. The second-order valence-electron chi connectivity index (χ2n) is 7.02. The van der Waals surface area contributed by atoms with Crippen LogP contribution in [0.5, 0.6) is 5.75 Å². The average Bonchev–Trinajstić information content (AvgIpc) is 2.85. The Kier molecular flexibility index (Phi) is 6.24. The van der Waals surface area contributed by atoms with E-state index in [2.05, 4.69) is 41.3 Å². The molecule has 3 nitrogen and oxygen atoms in total. The molecule has 3 heteroatoms. The molecule has 0 bridgehead atoms. The zero-order valence-electron chi connectivity index (χ0n) is 17.3. The van der Waals surface area contributed by atoms with Crippen LogP contribution < -0.4 is 9.64 Å². The number of hydrogen-bond donors (Lipinski definition) is 0. The van der Waals surface area contributed by atoms with Crippen molar-refractivity contribution in [3.63, 3.8) is 0 Å². The molecular formula is C28H23NO2. The third-order valence-electron chi connectivity index (χ3n) is 4.98. The van der Waals surface area contributed by atoms with Crippen LogP contribution in [0, 0.1) is 0 Å². The second kappa shape index (κ2) is 9.59. The Morgan fingerprint density at radius 1 is 0.677 bits per heavy atom. The number of carbonyl (C=O) groups excluding carboxylic acids is 1. The van der Waals surface area contributed by atoms with E-state index in [1.165, 1.54) is 0 Å². The fraction of sp³-hybridized carbons (Fsp3) is 0.0357. The van der Waals surface area contributed by atoms with Crippen LogP contribution in [0.3, 0.4) is 0 Å². The molecule has 0 heterocycles. The van der Waals surface area contributed by atoms with E-state index >= 15 is 0 Å². The summed E-state index contributed by atoms with van der Waals surface area (Å²) < 4.78 is 5.14. The zero-order chi connectivity index (χ0) is 21.5. The van der Waals surface area contributed by atoms with E-state index in [4.69, 9.17) is 4.74 Å². The highest BCUT2D eigenvalue weighted by atomic mass is 16.5.